The summed E-state index contributed by atoms with van der Waals surface area (Å²) in [6.07, 6.45) is 2.31. The molecule has 0 aliphatic carbocycles. The molecule has 2 aliphatic heterocycles. The maximum absolute atomic E-state index is 12.6. The minimum absolute atomic E-state index is 0.548. The number of hydrogen-bond acceptors (Lipinski definition) is 4. The molecule has 18 heavy (non-hydrogen) atoms. The van der Waals surface area contributed by atoms with Crippen molar-refractivity contribution in [1.29, 1.82) is 0 Å². The highest BCUT2D eigenvalue weighted by atomic mass is 32.2. The molecule has 0 bridgehead atoms. The number of rotatable bonds is 2. The molecule has 4 nitrogen and oxygen atoms in total. The minimum atomic E-state index is -3.17. The average Bonchev–Trinajstić information content (AvgIpc) is 2.42. The molecular formula is C12H24N2O2S2. The van der Waals surface area contributed by atoms with Gasteiger partial charge in [-0.1, -0.05) is 0 Å². The Bertz CT molecular complexity index is 376. The third-order valence-electron chi connectivity index (χ3n) is 3.93. The first kappa shape index (κ1) is 14.6. The van der Waals surface area contributed by atoms with Crippen LogP contribution in [0.25, 0.3) is 0 Å². The van der Waals surface area contributed by atoms with E-state index in [9.17, 15) is 8.42 Å². The van der Waals surface area contributed by atoms with E-state index in [0.29, 0.717) is 25.6 Å². The number of hydrogen-bond donors (Lipinski definition) is 1. The van der Waals surface area contributed by atoms with Crippen LogP contribution >= 0.6 is 11.8 Å². The molecule has 2 aliphatic rings. The molecule has 0 atom stereocenters. The van der Waals surface area contributed by atoms with Gasteiger partial charge >= 0.3 is 0 Å². The highest BCUT2D eigenvalue weighted by Gasteiger charge is 2.41. The van der Waals surface area contributed by atoms with E-state index in [1.54, 1.807) is 4.31 Å². The monoisotopic (exact) mass is 292 g/mol. The van der Waals surface area contributed by atoms with Gasteiger partial charge in [-0.3, -0.25) is 0 Å². The average molecular weight is 292 g/mol. The van der Waals surface area contributed by atoms with E-state index in [2.05, 4.69) is 5.32 Å². The molecule has 2 saturated heterocycles. The lowest BCUT2D eigenvalue weighted by molar-refractivity contribution is 0.330. The molecule has 0 spiro atoms. The van der Waals surface area contributed by atoms with Gasteiger partial charge in [0.2, 0.25) is 10.0 Å². The minimum Gasteiger partial charge on any atom is -0.314 e. The zero-order chi connectivity index (χ0) is 13.2. The molecule has 1 N–H and O–H groups in total. The Labute approximate surface area is 115 Å². The Morgan fingerprint density at radius 2 is 2.00 bits per heavy atom. The van der Waals surface area contributed by atoms with Crippen LogP contribution in [-0.2, 0) is 10.0 Å². The first-order chi connectivity index (χ1) is 8.43. The first-order valence-corrected chi connectivity index (χ1v) is 9.31. The highest BCUT2D eigenvalue weighted by Crippen LogP contribution is 2.28. The lowest BCUT2D eigenvalue weighted by Crippen LogP contribution is -2.47. The standard InChI is InChI=1S/C12H24N2O2S2/c1-12(2)10-13-5-6-14(18(12,15)16)9-11-3-7-17-8-4-11/h11,13H,3-10H2,1-2H3. The summed E-state index contributed by atoms with van der Waals surface area (Å²) in [5, 5.41) is 3.24. The third kappa shape index (κ3) is 3.03. The lowest BCUT2D eigenvalue weighted by Gasteiger charge is -2.32. The van der Waals surface area contributed by atoms with Crippen molar-refractivity contribution in [3.63, 3.8) is 0 Å². The third-order valence-corrected chi connectivity index (χ3v) is 7.53. The molecule has 2 fully saturated rings. The van der Waals surface area contributed by atoms with Gasteiger partial charge in [0.25, 0.3) is 0 Å². The van der Waals surface area contributed by atoms with Gasteiger partial charge < -0.3 is 5.32 Å². The van der Waals surface area contributed by atoms with Gasteiger partial charge in [0.1, 0.15) is 0 Å². The van der Waals surface area contributed by atoms with Crippen molar-refractivity contribution in [2.75, 3.05) is 37.7 Å². The van der Waals surface area contributed by atoms with Crippen LogP contribution in [0.15, 0.2) is 0 Å². The van der Waals surface area contributed by atoms with Crippen LogP contribution in [-0.4, -0.2) is 55.2 Å². The van der Waals surface area contributed by atoms with Crippen molar-refractivity contribution < 1.29 is 8.42 Å². The summed E-state index contributed by atoms with van der Waals surface area (Å²) < 4.78 is 26.3. The van der Waals surface area contributed by atoms with Crippen molar-refractivity contribution >= 4 is 21.8 Å². The lowest BCUT2D eigenvalue weighted by atomic mass is 10.0. The largest absolute Gasteiger partial charge is 0.314 e. The van der Waals surface area contributed by atoms with E-state index in [4.69, 9.17) is 0 Å². The van der Waals surface area contributed by atoms with Crippen molar-refractivity contribution in [3.05, 3.63) is 0 Å². The van der Waals surface area contributed by atoms with Gasteiger partial charge in [-0.2, -0.15) is 16.1 Å². The maximum atomic E-state index is 12.6. The molecule has 0 aromatic rings. The van der Waals surface area contributed by atoms with E-state index in [1.807, 2.05) is 25.6 Å². The van der Waals surface area contributed by atoms with E-state index < -0.39 is 14.8 Å². The van der Waals surface area contributed by atoms with E-state index >= 15 is 0 Å². The molecule has 0 radical (unpaired) electrons. The molecular weight excluding hydrogens is 268 g/mol. The maximum Gasteiger partial charge on any atom is 0.220 e. The summed E-state index contributed by atoms with van der Waals surface area (Å²) in [7, 11) is -3.17. The summed E-state index contributed by atoms with van der Waals surface area (Å²) in [6.45, 7) is 6.30. The summed E-state index contributed by atoms with van der Waals surface area (Å²) in [5.74, 6) is 2.91. The molecule has 106 valence electrons. The van der Waals surface area contributed by atoms with Crippen LogP contribution in [0.3, 0.4) is 0 Å². The predicted octanol–water partition coefficient (Wildman–Crippen LogP) is 1.14. The second-order valence-corrected chi connectivity index (χ2v) is 9.65. The van der Waals surface area contributed by atoms with Crippen LogP contribution in [0.2, 0.25) is 0 Å². The fourth-order valence-electron chi connectivity index (χ4n) is 2.56. The van der Waals surface area contributed by atoms with Crippen molar-refractivity contribution in [2.45, 2.75) is 31.4 Å². The summed E-state index contributed by atoms with van der Waals surface area (Å²) in [6, 6.07) is 0. The Morgan fingerprint density at radius 3 is 2.67 bits per heavy atom. The smallest absolute Gasteiger partial charge is 0.220 e. The zero-order valence-electron chi connectivity index (χ0n) is 11.3. The van der Waals surface area contributed by atoms with E-state index in [-0.39, 0.29) is 0 Å². The van der Waals surface area contributed by atoms with Gasteiger partial charge in [0.15, 0.2) is 0 Å². The Kier molecular flexibility index (Phi) is 4.62. The quantitative estimate of drug-likeness (QED) is 0.829. The second kappa shape index (κ2) is 5.69. The number of thioether (sulfide) groups is 1. The van der Waals surface area contributed by atoms with Crippen LogP contribution in [0.1, 0.15) is 26.7 Å². The fourth-order valence-corrected chi connectivity index (χ4v) is 5.49. The molecule has 2 rings (SSSR count). The second-order valence-electron chi connectivity index (χ2n) is 5.86. The van der Waals surface area contributed by atoms with Crippen LogP contribution in [0.5, 0.6) is 0 Å². The summed E-state index contributed by atoms with van der Waals surface area (Å²) in [4.78, 5) is 0. The number of nitrogens with zero attached hydrogens (tertiary/aromatic N) is 1. The van der Waals surface area contributed by atoms with Gasteiger partial charge in [0.05, 0.1) is 4.75 Å². The summed E-state index contributed by atoms with van der Waals surface area (Å²) >= 11 is 1.98. The molecule has 6 heteroatoms. The predicted molar refractivity (Wildman–Crippen MR) is 77.5 cm³/mol. The topological polar surface area (TPSA) is 49.4 Å². The molecule has 0 saturated carbocycles. The number of nitrogens with one attached hydrogen (secondary N) is 1. The highest BCUT2D eigenvalue weighted by molar-refractivity contribution is 7.99. The van der Waals surface area contributed by atoms with Crippen LogP contribution < -0.4 is 5.32 Å². The van der Waals surface area contributed by atoms with Crippen molar-refractivity contribution in [3.8, 4) is 0 Å². The number of sulfonamides is 1. The van der Waals surface area contributed by atoms with Gasteiger partial charge in [-0.05, 0) is 44.1 Å². The van der Waals surface area contributed by atoms with E-state index in [1.165, 1.54) is 11.5 Å². The Balaban J connectivity index is 2.09. The molecule has 0 aromatic carbocycles. The SMILES string of the molecule is CC1(C)CNCCN(CC2CCSCC2)S1(=O)=O. The van der Waals surface area contributed by atoms with Gasteiger partial charge in [0, 0.05) is 26.2 Å². The molecule has 0 amide bonds. The molecule has 0 unspecified atom stereocenters. The first-order valence-electron chi connectivity index (χ1n) is 6.72. The Hall–Kier alpha value is 0.220. The van der Waals surface area contributed by atoms with E-state index in [0.717, 1.165) is 19.4 Å². The fraction of sp³-hybridized carbons (Fsp3) is 1.00. The Morgan fingerprint density at radius 1 is 1.33 bits per heavy atom. The van der Waals surface area contributed by atoms with Gasteiger partial charge in [-0.15, -0.1) is 0 Å². The van der Waals surface area contributed by atoms with Crippen molar-refractivity contribution in [2.24, 2.45) is 5.92 Å². The zero-order valence-corrected chi connectivity index (χ0v) is 12.9. The van der Waals surface area contributed by atoms with Crippen LogP contribution in [0.4, 0.5) is 0 Å². The van der Waals surface area contributed by atoms with Crippen LogP contribution in [0, 0.1) is 5.92 Å². The molecule has 2 heterocycles. The normalized spacial score (nSPS) is 29.9. The molecule has 0 aromatic heterocycles. The van der Waals surface area contributed by atoms with Crippen molar-refractivity contribution in [1.82, 2.24) is 9.62 Å². The van der Waals surface area contributed by atoms with Gasteiger partial charge in [-0.25, -0.2) is 8.42 Å². The summed E-state index contributed by atoms with van der Waals surface area (Å²) in [5.41, 5.74) is 0.